The van der Waals surface area contributed by atoms with Crippen LogP contribution in [-0.4, -0.2) is 13.5 Å². The molecule has 3 rings (SSSR count). The number of hydrogen-bond donors (Lipinski definition) is 1. The Kier molecular flexibility index (Phi) is 4.76. The van der Waals surface area contributed by atoms with Crippen LogP contribution in [0.1, 0.15) is 11.1 Å². The van der Waals surface area contributed by atoms with Gasteiger partial charge in [-0.05, 0) is 61.0 Å². The largest absolute Gasteiger partial charge is 0.508 e. The molecule has 0 spiro atoms. The van der Waals surface area contributed by atoms with E-state index in [1.165, 1.54) is 42.0 Å². The molecule has 0 bridgehead atoms. The van der Waals surface area contributed by atoms with E-state index in [4.69, 9.17) is 4.74 Å². The van der Waals surface area contributed by atoms with Crippen molar-refractivity contribution in [1.29, 1.82) is 0 Å². The van der Waals surface area contributed by atoms with E-state index in [1.807, 2.05) is 31.2 Å². The van der Waals surface area contributed by atoms with Gasteiger partial charge in [-0.3, -0.25) is 0 Å². The lowest BCUT2D eigenvalue weighted by molar-refractivity contribution is 0.306. The first-order chi connectivity index (χ1) is 11.9. The zero-order valence-corrected chi connectivity index (χ0v) is 14.5. The molecule has 3 aromatic rings. The van der Waals surface area contributed by atoms with Crippen LogP contribution >= 0.6 is 0 Å². The van der Waals surface area contributed by atoms with E-state index in [0.29, 0.717) is 12.4 Å². The van der Waals surface area contributed by atoms with Gasteiger partial charge in [-0.2, -0.15) is 0 Å². The van der Waals surface area contributed by atoms with E-state index in [9.17, 15) is 13.5 Å². The second-order valence-electron chi connectivity index (χ2n) is 5.74. The van der Waals surface area contributed by atoms with Crippen molar-refractivity contribution in [2.45, 2.75) is 23.3 Å². The molecular weight excluding hydrogens is 336 g/mol. The van der Waals surface area contributed by atoms with Gasteiger partial charge in [-0.1, -0.05) is 29.8 Å². The Morgan fingerprint density at radius 2 is 1.32 bits per heavy atom. The van der Waals surface area contributed by atoms with Crippen LogP contribution in [0, 0.1) is 6.92 Å². The number of ether oxygens (including phenoxy) is 1. The first kappa shape index (κ1) is 17.0. The van der Waals surface area contributed by atoms with Crippen LogP contribution in [0.4, 0.5) is 0 Å². The molecule has 3 aromatic carbocycles. The molecule has 0 saturated carbocycles. The zero-order valence-electron chi connectivity index (χ0n) is 13.7. The lowest BCUT2D eigenvalue weighted by Crippen LogP contribution is -2.02. The van der Waals surface area contributed by atoms with Crippen molar-refractivity contribution in [3.63, 3.8) is 0 Å². The maximum Gasteiger partial charge on any atom is 0.206 e. The minimum atomic E-state index is -3.61. The van der Waals surface area contributed by atoms with Gasteiger partial charge in [0.25, 0.3) is 0 Å². The smallest absolute Gasteiger partial charge is 0.206 e. The van der Waals surface area contributed by atoms with E-state index < -0.39 is 9.84 Å². The topological polar surface area (TPSA) is 63.6 Å². The molecule has 25 heavy (non-hydrogen) atoms. The van der Waals surface area contributed by atoms with E-state index in [-0.39, 0.29) is 15.5 Å². The summed E-state index contributed by atoms with van der Waals surface area (Å²) >= 11 is 0. The lowest BCUT2D eigenvalue weighted by Gasteiger charge is -2.08. The highest BCUT2D eigenvalue weighted by atomic mass is 32.2. The molecule has 0 radical (unpaired) electrons. The molecule has 0 unspecified atom stereocenters. The highest BCUT2D eigenvalue weighted by Crippen LogP contribution is 2.24. The molecule has 0 aliphatic heterocycles. The third kappa shape index (κ3) is 4.00. The number of benzene rings is 3. The van der Waals surface area contributed by atoms with Crippen molar-refractivity contribution in [1.82, 2.24) is 0 Å². The third-order valence-corrected chi connectivity index (χ3v) is 5.59. The number of sulfone groups is 1. The summed E-state index contributed by atoms with van der Waals surface area (Å²) in [6.07, 6.45) is 0. The van der Waals surface area contributed by atoms with E-state index in [0.717, 1.165) is 5.56 Å². The average Bonchev–Trinajstić information content (AvgIpc) is 2.62. The number of phenols is 1. The predicted octanol–water partition coefficient (Wildman–Crippen LogP) is 4.11. The van der Waals surface area contributed by atoms with Crippen molar-refractivity contribution >= 4 is 9.84 Å². The number of rotatable bonds is 5. The van der Waals surface area contributed by atoms with Gasteiger partial charge in [-0.15, -0.1) is 0 Å². The van der Waals surface area contributed by atoms with Gasteiger partial charge in [0.05, 0.1) is 9.79 Å². The SMILES string of the molecule is Cc1ccc(COc2ccc(S(=O)(=O)c3ccc(O)cc3)cc2)cc1. The van der Waals surface area contributed by atoms with Gasteiger partial charge in [0.15, 0.2) is 0 Å². The standard InChI is InChI=1S/C20H18O4S/c1-15-2-4-16(5-3-15)14-24-18-8-12-20(13-9-18)25(22,23)19-10-6-17(21)7-11-19/h2-13,21H,14H2,1H3. The molecule has 4 nitrogen and oxygen atoms in total. The Labute approximate surface area is 147 Å². The number of aromatic hydroxyl groups is 1. The van der Waals surface area contributed by atoms with Crippen LogP contribution in [0.2, 0.25) is 0 Å². The van der Waals surface area contributed by atoms with E-state index in [2.05, 4.69) is 0 Å². The second-order valence-corrected chi connectivity index (χ2v) is 7.69. The van der Waals surface area contributed by atoms with Crippen LogP contribution in [0.25, 0.3) is 0 Å². The van der Waals surface area contributed by atoms with Crippen molar-refractivity contribution in [3.05, 3.63) is 83.9 Å². The Bertz CT molecular complexity index is 942. The summed E-state index contributed by atoms with van der Waals surface area (Å²) in [5.41, 5.74) is 2.24. The number of aryl methyl sites for hydroxylation is 1. The van der Waals surface area contributed by atoms with Crippen molar-refractivity contribution in [2.24, 2.45) is 0 Å². The number of phenolic OH excluding ortho intramolecular Hbond substituents is 1. The molecule has 0 saturated heterocycles. The van der Waals surface area contributed by atoms with E-state index >= 15 is 0 Å². The second kappa shape index (κ2) is 6.99. The first-order valence-electron chi connectivity index (χ1n) is 7.78. The van der Waals surface area contributed by atoms with Gasteiger partial charge in [0, 0.05) is 0 Å². The quantitative estimate of drug-likeness (QED) is 0.749. The zero-order chi connectivity index (χ0) is 17.9. The van der Waals surface area contributed by atoms with Crippen LogP contribution in [0.3, 0.4) is 0 Å². The van der Waals surface area contributed by atoms with Gasteiger partial charge >= 0.3 is 0 Å². The Morgan fingerprint density at radius 1 is 0.800 bits per heavy atom. The first-order valence-corrected chi connectivity index (χ1v) is 9.26. The molecule has 0 heterocycles. The summed E-state index contributed by atoms with van der Waals surface area (Å²) in [7, 11) is -3.61. The highest BCUT2D eigenvalue weighted by Gasteiger charge is 2.17. The molecule has 5 heteroatoms. The lowest BCUT2D eigenvalue weighted by atomic mass is 10.2. The van der Waals surface area contributed by atoms with Crippen molar-refractivity contribution in [2.75, 3.05) is 0 Å². The minimum Gasteiger partial charge on any atom is -0.508 e. The maximum atomic E-state index is 12.5. The summed E-state index contributed by atoms with van der Waals surface area (Å²) in [5, 5.41) is 9.29. The van der Waals surface area contributed by atoms with Gasteiger partial charge in [0.1, 0.15) is 18.1 Å². The summed E-state index contributed by atoms with van der Waals surface area (Å²) in [6, 6.07) is 19.8. The molecular formula is C20H18O4S. The van der Waals surface area contributed by atoms with Crippen LogP contribution in [-0.2, 0) is 16.4 Å². The Balaban J connectivity index is 1.73. The number of hydrogen-bond acceptors (Lipinski definition) is 4. The molecule has 0 aromatic heterocycles. The van der Waals surface area contributed by atoms with Gasteiger partial charge < -0.3 is 9.84 Å². The van der Waals surface area contributed by atoms with Gasteiger partial charge in [-0.25, -0.2) is 8.42 Å². The molecule has 0 amide bonds. The molecule has 0 aliphatic rings. The van der Waals surface area contributed by atoms with Crippen molar-refractivity contribution < 1.29 is 18.3 Å². The molecule has 128 valence electrons. The minimum absolute atomic E-state index is 0.0267. The summed E-state index contributed by atoms with van der Waals surface area (Å²) < 4.78 is 30.8. The fraction of sp³-hybridized carbons (Fsp3) is 0.100. The van der Waals surface area contributed by atoms with Crippen LogP contribution in [0.5, 0.6) is 11.5 Å². The summed E-state index contributed by atoms with van der Waals surface area (Å²) in [5.74, 6) is 0.629. The molecule has 0 fully saturated rings. The maximum absolute atomic E-state index is 12.5. The van der Waals surface area contributed by atoms with Gasteiger partial charge in [0.2, 0.25) is 9.84 Å². The van der Waals surface area contributed by atoms with E-state index in [1.54, 1.807) is 12.1 Å². The monoisotopic (exact) mass is 354 g/mol. The predicted molar refractivity (Wildman–Crippen MR) is 95.5 cm³/mol. The van der Waals surface area contributed by atoms with Crippen LogP contribution < -0.4 is 4.74 Å². The Morgan fingerprint density at radius 3 is 1.88 bits per heavy atom. The summed E-state index contributed by atoms with van der Waals surface area (Å²) in [6.45, 7) is 2.45. The fourth-order valence-corrected chi connectivity index (χ4v) is 3.59. The average molecular weight is 354 g/mol. The highest BCUT2D eigenvalue weighted by molar-refractivity contribution is 7.91. The Hall–Kier alpha value is -2.79. The van der Waals surface area contributed by atoms with Crippen LogP contribution in [0.15, 0.2) is 82.6 Å². The normalized spacial score (nSPS) is 11.2. The third-order valence-electron chi connectivity index (χ3n) is 3.81. The molecule has 0 aliphatic carbocycles. The van der Waals surface area contributed by atoms with Crippen molar-refractivity contribution in [3.8, 4) is 11.5 Å². The fourth-order valence-electron chi connectivity index (χ4n) is 2.33. The molecule has 1 N–H and O–H groups in total. The summed E-state index contributed by atoms with van der Waals surface area (Å²) in [4.78, 5) is 0.319. The molecule has 0 atom stereocenters.